The van der Waals surface area contributed by atoms with Crippen LogP contribution in [0.1, 0.15) is 6.92 Å². The molecule has 1 aromatic carbocycles. The zero-order valence-electron chi connectivity index (χ0n) is 8.27. The standard InChI is InChI=1S/C11H15N3/c1-3-9(2)13-11(12)14-10-7-5-4-6-8-10/h3-9H,1H2,2H3,(H3,12,13,14). The molecule has 3 nitrogen and oxygen atoms in total. The predicted octanol–water partition coefficient (Wildman–Crippen LogP) is 1.99. The lowest BCUT2D eigenvalue weighted by molar-refractivity contribution is 0.925. The highest BCUT2D eigenvalue weighted by Crippen LogP contribution is 2.04. The Labute approximate surface area is 84.4 Å². The van der Waals surface area contributed by atoms with Gasteiger partial charge in [-0.1, -0.05) is 24.3 Å². The van der Waals surface area contributed by atoms with Gasteiger partial charge in [-0.2, -0.15) is 0 Å². The number of nitrogens with zero attached hydrogens (tertiary/aromatic N) is 1. The summed E-state index contributed by atoms with van der Waals surface area (Å²) in [6, 6.07) is 9.72. The van der Waals surface area contributed by atoms with Gasteiger partial charge in [-0.25, -0.2) is 4.99 Å². The molecule has 0 amide bonds. The van der Waals surface area contributed by atoms with E-state index in [1.807, 2.05) is 37.3 Å². The molecule has 0 radical (unpaired) electrons. The number of aliphatic imine (C=N–C) groups is 1. The third-order valence-corrected chi connectivity index (χ3v) is 1.73. The first kappa shape index (κ1) is 10.3. The minimum absolute atomic E-state index is 0.0335. The van der Waals surface area contributed by atoms with Crippen LogP contribution in [-0.2, 0) is 0 Å². The van der Waals surface area contributed by atoms with E-state index in [9.17, 15) is 0 Å². The maximum atomic E-state index is 5.67. The highest BCUT2D eigenvalue weighted by atomic mass is 15.1. The van der Waals surface area contributed by atoms with Crippen molar-refractivity contribution in [2.24, 2.45) is 10.7 Å². The van der Waals surface area contributed by atoms with Gasteiger partial charge in [0.05, 0.1) is 6.04 Å². The maximum Gasteiger partial charge on any atom is 0.193 e. The fourth-order valence-electron chi connectivity index (χ4n) is 0.974. The summed E-state index contributed by atoms with van der Waals surface area (Å²) in [7, 11) is 0. The van der Waals surface area contributed by atoms with Gasteiger partial charge >= 0.3 is 0 Å². The molecule has 1 unspecified atom stereocenters. The quantitative estimate of drug-likeness (QED) is 0.434. The largest absolute Gasteiger partial charge is 0.370 e. The Hall–Kier alpha value is -1.77. The van der Waals surface area contributed by atoms with Gasteiger partial charge in [0, 0.05) is 5.69 Å². The molecule has 0 aliphatic rings. The van der Waals surface area contributed by atoms with E-state index >= 15 is 0 Å². The Kier molecular flexibility index (Phi) is 3.73. The number of hydrogen-bond donors (Lipinski definition) is 2. The van der Waals surface area contributed by atoms with Crippen LogP contribution < -0.4 is 11.1 Å². The van der Waals surface area contributed by atoms with Gasteiger partial charge in [0.15, 0.2) is 5.96 Å². The molecule has 14 heavy (non-hydrogen) atoms. The molecular weight excluding hydrogens is 174 g/mol. The minimum atomic E-state index is 0.0335. The summed E-state index contributed by atoms with van der Waals surface area (Å²) < 4.78 is 0. The summed E-state index contributed by atoms with van der Waals surface area (Å²) in [5.74, 6) is 0.406. The second kappa shape index (κ2) is 5.07. The number of nitrogens with two attached hydrogens (primary N) is 1. The van der Waals surface area contributed by atoms with Gasteiger partial charge in [-0.3, -0.25) is 0 Å². The molecule has 0 aliphatic carbocycles. The average Bonchev–Trinajstić information content (AvgIpc) is 2.19. The van der Waals surface area contributed by atoms with E-state index in [0.717, 1.165) is 5.69 Å². The fraction of sp³-hybridized carbons (Fsp3) is 0.182. The molecule has 0 saturated carbocycles. The van der Waals surface area contributed by atoms with Gasteiger partial charge in [-0.15, -0.1) is 6.58 Å². The van der Waals surface area contributed by atoms with Crippen molar-refractivity contribution in [2.45, 2.75) is 13.0 Å². The molecule has 1 aromatic rings. The Morgan fingerprint density at radius 2 is 2.14 bits per heavy atom. The van der Waals surface area contributed by atoms with E-state index in [0.29, 0.717) is 5.96 Å². The van der Waals surface area contributed by atoms with Crippen LogP contribution in [0.5, 0.6) is 0 Å². The summed E-state index contributed by atoms with van der Waals surface area (Å²) in [6.07, 6.45) is 1.74. The third kappa shape index (κ3) is 3.31. The lowest BCUT2D eigenvalue weighted by Gasteiger charge is -2.06. The van der Waals surface area contributed by atoms with Crippen molar-refractivity contribution < 1.29 is 0 Å². The second-order valence-electron chi connectivity index (χ2n) is 2.98. The molecule has 0 aliphatic heterocycles. The summed E-state index contributed by atoms with van der Waals surface area (Å²) in [4.78, 5) is 4.16. The predicted molar refractivity (Wildman–Crippen MR) is 61.3 cm³/mol. The highest BCUT2D eigenvalue weighted by molar-refractivity contribution is 5.92. The molecule has 0 aromatic heterocycles. The summed E-state index contributed by atoms with van der Waals surface area (Å²) in [5, 5.41) is 2.99. The molecule has 0 fully saturated rings. The van der Waals surface area contributed by atoms with E-state index in [2.05, 4.69) is 16.9 Å². The van der Waals surface area contributed by atoms with Gasteiger partial charge in [0.1, 0.15) is 0 Å². The van der Waals surface area contributed by atoms with Crippen LogP contribution in [0, 0.1) is 0 Å². The number of rotatable bonds is 3. The van der Waals surface area contributed by atoms with Crippen LogP contribution in [0.3, 0.4) is 0 Å². The average molecular weight is 189 g/mol. The summed E-state index contributed by atoms with van der Waals surface area (Å²) in [6.45, 7) is 5.55. The van der Waals surface area contributed by atoms with Crippen LogP contribution in [-0.4, -0.2) is 12.0 Å². The monoisotopic (exact) mass is 189 g/mol. The van der Waals surface area contributed by atoms with Crippen molar-refractivity contribution in [3.63, 3.8) is 0 Å². The molecule has 0 spiro atoms. The molecule has 0 heterocycles. The highest BCUT2D eigenvalue weighted by Gasteiger charge is 1.95. The zero-order chi connectivity index (χ0) is 10.4. The van der Waals surface area contributed by atoms with E-state index < -0.39 is 0 Å². The molecule has 1 rings (SSSR count). The Bertz CT molecular complexity index is 317. The van der Waals surface area contributed by atoms with Crippen molar-refractivity contribution in [1.29, 1.82) is 0 Å². The molecule has 1 atom stereocenters. The van der Waals surface area contributed by atoms with Crippen LogP contribution in [0.4, 0.5) is 5.69 Å². The maximum absolute atomic E-state index is 5.67. The molecular formula is C11H15N3. The first-order chi connectivity index (χ1) is 6.72. The number of hydrogen-bond acceptors (Lipinski definition) is 1. The lowest BCUT2D eigenvalue weighted by Crippen LogP contribution is -2.24. The summed E-state index contributed by atoms with van der Waals surface area (Å²) in [5.41, 5.74) is 6.61. The second-order valence-corrected chi connectivity index (χ2v) is 2.98. The van der Waals surface area contributed by atoms with Gasteiger partial charge in [-0.05, 0) is 19.1 Å². The smallest absolute Gasteiger partial charge is 0.193 e. The lowest BCUT2D eigenvalue weighted by atomic mass is 10.3. The zero-order valence-corrected chi connectivity index (χ0v) is 8.27. The SMILES string of the molecule is C=CC(C)N=C(N)Nc1ccccc1. The number of anilines is 1. The Balaban J connectivity index is 2.61. The molecule has 0 bridgehead atoms. The molecule has 0 saturated heterocycles. The molecule has 3 N–H and O–H groups in total. The number of nitrogens with one attached hydrogen (secondary N) is 1. The van der Waals surface area contributed by atoms with Crippen LogP contribution >= 0.6 is 0 Å². The Morgan fingerprint density at radius 3 is 2.71 bits per heavy atom. The third-order valence-electron chi connectivity index (χ3n) is 1.73. The van der Waals surface area contributed by atoms with E-state index in [4.69, 9.17) is 5.73 Å². The molecule has 74 valence electrons. The minimum Gasteiger partial charge on any atom is -0.370 e. The Morgan fingerprint density at radius 1 is 1.50 bits per heavy atom. The van der Waals surface area contributed by atoms with E-state index in [-0.39, 0.29) is 6.04 Å². The molecule has 3 heteroatoms. The van der Waals surface area contributed by atoms with Gasteiger partial charge in [0.2, 0.25) is 0 Å². The van der Waals surface area contributed by atoms with Gasteiger partial charge in [0.25, 0.3) is 0 Å². The van der Waals surface area contributed by atoms with Crippen molar-refractivity contribution in [2.75, 3.05) is 5.32 Å². The van der Waals surface area contributed by atoms with Crippen molar-refractivity contribution in [1.82, 2.24) is 0 Å². The van der Waals surface area contributed by atoms with Crippen LogP contribution in [0.2, 0.25) is 0 Å². The van der Waals surface area contributed by atoms with E-state index in [1.165, 1.54) is 0 Å². The van der Waals surface area contributed by atoms with E-state index in [1.54, 1.807) is 6.08 Å². The van der Waals surface area contributed by atoms with Crippen LogP contribution in [0.15, 0.2) is 48.0 Å². The topological polar surface area (TPSA) is 50.4 Å². The normalized spacial score (nSPS) is 13.4. The number of guanidine groups is 1. The van der Waals surface area contributed by atoms with Crippen molar-refractivity contribution in [3.05, 3.63) is 43.0 Å². The number of benzene rings is 1. The first-order valence-electron chi connectivity index (χ1n) is 4.50. The van der Waals surface area contributed by atoms with Crippen molar-refractivity contribution in [3.8, 4) is 0 Å². The van der Waals surface area contributed by atoms with Gasteiger partial charge < -0.3 is 11.1 Å². The number of para-hydroxylation sites is 1. The first-order valence-corrected chi connectivity index (χ1v) is 4.50. The fourth-order valence-corrected chi connectivity index (χ4v) is 0.974. The summed E-state index contributed by atoms with van der Waals surface area (Å²) >= 11 is 0. The van der Waals surface area contributed by atoms with Crippen LogP contribution in [0.25, 0.3) is 0 Å². The van der Waals surface area contributed by atoms with Crippen molar-refractivity contribution >= 4 is 11.6 Å².